The second-order valence-electron chi connectivity index (χ2n) is 6.57. The number of nitrogens with one attached hydrogen (secondary N) is 2. The number of guanidine groups is 1. The fourth-order valence-electron chi connectivity index (χ4n) is 2.46. The molecular weight excluding hydrogens is 396 g/mol. The van der Waals surface area contributed by atoms with Crippen molar-refractivity contribution in [2.75, 3.05) is 13.2 Å². The quantitative estimate of drug-likeness (QED) is 0.0995. The number of hydrogen-bond acceptors (Lipinski definition) is 7. The smallest absolute Gasteiger partial charge is 0.326 e. The van der Waals surface area contributed by atoms with Gasteiger partial charge in [-0.2, -0.15) is 0 Å². The van der Waals surface area contributed by atoms with Crippen LogP contribution < -0.4 is 27.8 Å². The molecular formula is C18H28N6O6. The van der Waals surface area contributed by atoms with Crippen LogP contribution in [-0.4, -0.2) is 70.3 Å². The Morgan fingerprint density at radius 1 is 1.03 bits per heavy atom. The van der Waals surface area contributed by atoms with E-state index in [2.05, 4.69) is 15.6 Å². The number of amides is 2. The lowest BCUT2D eigenvalue weighted by Gasteiger charge is -2.21. The van der Waals surface area contributed by atoms with Crippen LogP contribution in [0.4, 0.5) is 0 Å². The number of carbonyl (C=O) groups excluding carboxylic acids is 2. The molecule has 0 aliphatic carbocycles. The molecule has 0 saturated heterocycles. The minimum Gasteiger partial charge on any atom is -0.508 e. The molecule has 0 saturated carbocycles. The summed E-state index contributed by atoms with van der Waals surface area (Å²) in [5, 5.41) is 32.7. The van der Waals surface area contributed by atoms with E-state index in [1.807, 2.05) is 0 Å². The molecule has 0 bridgehead atoms. The minimum atomic E-state index is -1.37. The van der Waals surface area contributed by atoms with Gasteiger partial charge in [0, 0.05) is 13.0 Å². The topological polar surface area (TPSA) is 226 Å². The summed E-state index contributed by atoms with van der Waals surface area (Å²) in [4.78, 5) is 39.7. The summed E-state index contributed by atoms with van der Waals surface area (Å²) in [5.74, 6) is -2.91. The number of phenols is 1. The van der Waals surface area contributed by atoms with Gasteiger partial charge in [0.2, 0.25) is 11.8 Å². The second-order valence-corrected chi connectivity index (χ2v) is 6.57. The largest absolute Gasteiger partial charge is 0.508 e. The number of rotatable bonds is 12. The summed E-state index contributed by atoms with van der Waals surface area (Å²) in [6, 6.07) is 2.18. The first-order valence-corrected chi connectivity index (χ1v) is 9.17. The van der Waals surface area contributed by atoms with Crippen LogP contribution in [0.1, 0.15) is 18.4 Å². The van der Waals surface area contributed by atoms with E-state index in [-0.39, 0.29) is 31.1 Å². The molecule has 0 radical (unpaired) electrons. The molecule has 0 heterocycles. The molecule has 12 heteroatoms. The predicted molar refractivity (Wildman–Crippen MR) is 108 cm³/mol. The summed E-state index contributed by atoms with van der Waals surface area (Å²) in [7, 11) is 0. The predicted octanol–water partition coefficient (Wildman–Crippen LogP) is -2.64. The van der Waals surface area contributed by atoms with Crippen LogP contribution in [0.15, 0.2) is 29.3 Å². The second kappa shape index (κ2) is 12.2. The monoisotopic (exact) mass is 424 g/mol. The van der Waals surface area contributed by atoms with Crippen molar-refractivity contribution in [3.05, 3.63) is 29.8 Å². The average Bonchev–Trinajstić information content (AvgIpc) is 2.69. The molecule has 0 aliphatic rings. The van der Waals surface area contributed by atoms with Crippen molar-refractivity contribution in [2.45, 2.75) is 37.4 Å². The van der Waals surface area contributed by atoms with Gasteiger partial charge in [-0.05, 0) is 30.5 Å². The third-order valence-corrected chi connectivity index (χ3v) is 4.11. The number of aliphatic hydroxyl groups is 1. The van der Waals surface area contributed by atoms with Crippen LogP contribution in [0.5, 0.6) is 5.75 Å². The number of carbonyl (C=O) groups is 3. The number of aromatic hydroxyl groups is 1. The van der Waals surface area contributed by atoms with Gasteiger partial charge in [0.05, 0.1) is 12.6 Å². The number of phenolic OH excluding ortho intramolecular Hbond substituents is 1. The molecule has 0 aliphatic heterocycles. The van der Waals surface area contributed by atoms with E-state index < -0.39 is 42.5 Å². The third kappa shape index (κ3) is 8.75. The maximum Gasteiger partial charge on any atom is 0.326 e. The molecule has 0 spiro atoms. The van der Waals surface area contributed by atoms with Crippen LogP contribution in [-0.2, 0) is 20.8 Å². The Morgan fingerprint density at radius 2 is 1.63 bits per heavy atom. The molecule has 1 aromatic rings. The molecule has 166 valence electrons. The zero-order valence-corrected chi connectivity index (χ0v) is 16.3. The fourth-order valence-corrected chi connectivity index (χ4v) is 2.46. The molecule has 12 nitrogen and oxygen atoms in total. The number of nitrogens with two attached hydrogens (primary N) is 3. The van der Waals surface area contributed by atoms with Crippen LogP contribution in [0.3, 0.4) is 0 Å². The highest BCUT2D eigenvalue weighted by Crippen LogP contribution is 2.11. The SMILES string of the molecule is NC(N)=NCCCC(N)C(=O)NC(CO)C(=O)NC(Cc1ccc(O)cc1)C(=O)O. The number of carboxylic acid groups (broad SMARTS) is 1. The fraction of sp³-hybridized carbons (Fsp3) is 0.444. The van der Waals surface area contributed by atoms with Gasteiger partial charge < -0.3 is 43.2 Å². The number of benzene rings is 1. The first-order valence-electron chi connectivity index (χ1n) is 9.17. The average molecular weight is 424 g/mol. The summed E-state index contributed by atoms with van der Waals surface area (Å²) in [5.41, 5.74) is 16.7. The van der Waals surface area contributed by atoms with E-state index in [9.17, 15) is 29.7 Å². The molecule has 3 atom stereocenters. The van der Waals surface area contributed by atoms with Crippen molar-refractivity contribution in [2.24, 2.45) is 22.2 Å². The minimum absolute atomic E-state index is 0.0207. The van der Waals surface area contributed by atoms with Gasteiger partial charge in [0.15, 0.2) is 5.96 Å². The van der Waals surface area contributed by atoms with E-state index in [1.54, 1.807) is 0 Å². The van der Waals surface area contributed by atoms with Crippen molar-refractivity contribution in [1.82, 2.24) is 10.6 Å². The summed E-state index contributed by atoms with van der Waals surface area (Å²) >= 11 is 0. The Kier molecular flexibility index (Phi) is 10.1. The van der Waals surface area contributed by atoms with Crippen molar-refractivity contribution in [1.29, 1.82) is 0 Å². The van der Waals surface area contributed by atoms with Gasteiger partial charge in [-0.3, -0.25) is 14.6 Å². The number of aliphatic imine (C=N–C) groups is 1. The first-order chi connectivity index (χ1) is 14.1. The highest BCUT2D eigenvalue weighted by molar-refractivity contribution is 5.91. The van der Waals surface area contributed by atoms with E-state index in [1.165, 1.54) is 24.3 Å². The molecule has 1 aromatic carbocycles. The van der Waals surface area contributed by atoms with Gasteiger partial charge in [-0.25, -0.2) is 4.79 Å². The summed E-state index contributed by atoms with van der Waals surface area (Å²) < 4.78 is 0. The van der Waals surface area contributed by atoms with Crippen molar-refractivity contribution in [3.63, 3.8) is 0 Å². The molecule has 2 amide bonds. The number of aliphatic carboxylic acids is 1. The lowest BCUT2D eigenvalue weighted by Crippen LogP contribution is -2.56. The van der Waals surface area contributed by atoms with Crippen LogP contribution in [0.2, 0.25) is 0 Å². The number of nitrogens with zero attached hydrogens (tertiary/aromatic N) is 1. The lowest BCUT2D eigenvalue weighted by molar-refractivity contribution is -0.142. The normalized spacial score (nSPS) is 13.5. The molecule has 3 unspecified atom stereocenters. The molecule has 11 N–H and O–H groups in total. The number of aliphatic hydroxyl groups excluding tert-OH is 1. The Hall–Kier alpha value is -3.38. The standard InChI is InChI=1S/C18H28N6O6/c19-12(2-1-7-22-18(20)21)15(27)24-14(9-25)16(28)23-13(17(29)30)8-10-3-5-11(26)6-4-10/h3-6,12-14,25-26H,1-2,7-9,19H2,(H,23,28)(H,24,27)(H,29,30)(H4,20,21,22). The molecule has 0 fully saturated rings. The molecule has 0 aromatic heterocycles. The zero-order valence-electron chi connectivity index (χ0n) is 16.3. The highest BCUT2D eigenvalue weighted by atomic mass is 16.4. The molecule has 1 rings (SSSR count). The highest BCUT2D eigenvalue weighted by Gasteiger charge is 2.27. The van der Waals surface area contributed by atoms with E-state index in [0.717, 1.165) is 0 Å². The van der Waals surface area contributed by atoms with E-state index in [4.69, 9.17) is 17.2 Å². The van der Waals surface area contributed by atoms with Crippen molar-refractivity contribution in [3.8, 4) is 5.75 Å². The van der Waals surface area contributed by atoms with Crippen LogP contribution in [0, 0.1) is 0 Å². The maximum atomic E-state index is 12.4. The summed E-state index contributed by atoms with van der Waals surface area (Å²) in [6.07, 6.45) is 0.606. The Bertz CT molecular complexity index is 750. The molecule has 30 heavy (non-hydrogen) atoms. The Balaban J connectivity index is 2.63. The van der Waals surface area contributed by atoms with Gasteiger partial charge >= 0.3 is 5.97 Å². The van der Waals surface area contributed by atoms with E-state index in [0.29, 0.717) is 12.0 Å². The summed E-state index contributed by atoms with van der Waals surface area (Å²) in [6.45, 7) is -0.464. The van der Waals surface area contributed by atoms with E-state index >= 15 is 0 Å². The van der Waals surface area contributed by atoms with Crippen molar-refractivity contribution >= 4 is 23.7 Å². The zero-order chi connectivity index (χ0) is 22.7. The van der Waals surface area contributed by atoms with Crippen LogP contribution in [0.25, 0.3) is 0 Å². The lowest BCUT2D eigenvalue weighted by atomic mass is 10.1. The number of carboxylic acids is 1. The first kappa shape index (κ1) is 24.7. The van der Waals surface area contributed by atoms with Gasteiger partial charge in [-0.1, -0.05) is 12.1 Å². The Labute approximate surface area is 173 Å². The van der Waals surface area contributed by atoms with Crippen molar-refractivity contribution < 1.29 is 29.7 Å². The van der Waals surface area contributed by atoms with Crippen LogP contribution >= 0.6 is 0 Å². The van der Waals surface area contributed by atoms with Gasteiger partial charge in [0.1, 0.15) is 17.8 Å². The Morgan fingerprint density at radius 3 is 2.17 bits per heavy atom. The maximum absolute atomic E-state index is 12.4. The van der Waals surface area contributed by atoms with Gasteiger partial charge in [0.25, 0.3) is 0 Å². The third-order valence-electron chi connectivity index (χ3n) is 4.11. The van der Waals surface area contributed by atoms with Gasteiger partial charge in [-0.15, -0.1) is 0 Å². The number of hydrogen-bond donors (Lipinski definition) is 8.